The third-order valence-corrected chi connectivity index (χ3v) is 5.34. The van der Waals surface area contributed by atoms with Crippen molar-refractivity contribution in [2.75, 3.05) is 18.1 Å². The topological polar surface area (TPSA) is 120 Å². The van der Waals surface area contributed by atoms with Gasteiger partial charge in [0.15, 0.2) is 0 Å². The maximum absolute atomic E-state index is 9.18. The molecule has 7 heteroatoms. The van der Waals surface area contributed by atoms with Gasteiger partial charge >= 0.3 is 0 Å². The number of hydrogen-bond donors (Lipinski definition) is 2. The van der Waals surface area contributed by atoms with Crippen LogP contribution in [-0.2, 0) is 0 Å². The Bertz CT molecular complexity index is 1380. The van der Waals surface area contributed by atoms with E-state index < -0.39 is 0 Å². The molecule has 3 aromatic carbocycles. The Morgan fingerprint density at radius 3 is 2.65 bits per heavy atom. The summed E-state index contributed by atoms with van der Waals surface area (Å²) in [6.45, 7) is 2.60. The van der Waals surface area contributed by atoms with E-state index in [1.165, 1.54) is 0 Å². The lowest BCUT2D eigenvalue weighted by atomic mass is 9.99. The molecule has 0 fully saturated rings. The fraction of sp³-hybridized carbons (Fsp3) is 0.125. The van der Waals surface area contributed by atoms with Crippen LogP contribution in [-0.4, -0.2) is 16.6 Å². The van der Waals surface area contributed by atoms with E-state index in [9.17, 15) is 5.26 Å². The highest BCUT2D eigenvalue weighted by Crippen LogP contribution is 2.48. The summed E-state index contributed by atoms with van der Waals surface area (Å²) in [5, 5.41) is 9.84. The van der Waals surface area contributed by atoms with E-state index in [-0.39, 0.29) is 11.9 Å². The normalized spacial score (nSPS) is 14.6. The van der Waals surface area contributed by atoms with E-state index in [0.717, 1.165) is 16.7 Å². The maximum atomic E-state index is 9.18. The second-order valence-corrected chi connectivity index (χ2v) is 7.51. The number of nitrogens with two attached hydrogens (primary N) is 2. The van der Waals surface area contributed by atoms with Crippen molar-refractivity contribution in [3.8, 4) is 34.4 Å². The van der Waals surface area contributed by atoms with Crippen LogP contribution >= 0.6 is 0 Å². The molecule has 4 aromatic rings. The van der Waals surface area contributed by atoms with Gasteiger partial charge in [-0.1, -0.05) is 31.2 Å². The zero-order valence-electron chi connectivity index (χ0n) is 16.8. The van der Waals surface area contributed by atoms with Crippen LogP contribution in [0.4, 0.5) is 11.8 Å². The van der Waals surface area contributed by atoms with Gasteiger partial charge in [0.25, 0.3) is 0 Å². The van der Waals surface area contributed by atoms with Crippen molar-refractivity contribution in [1.29, 1.82) is 5.26 Å². The zero-order valence-corrected chi connectivity index (χ0v) is 16.8. The van der Waals surface area contributed by atoms with Gasteiger partial charge in [0.1, 0.15) is 23.1 Å². The van der Waals surface area contributed by atoms with Crippen LogP contribution in [0, 0.1) is 11.3 Å². The van der Waals surface area contributed by atoms with Gasteiger partial charge in [0, 0.05) is 17.5 Å². The predicted octanol–water partition coefficient (Wildman–Crippen LogP) is 4.62. The molecule has 152 valence electrons. The molecule has 1 aliphatic heterocycles. The molecular formula is C24H19N5O2. The van der Waals surface area contributed by atoms with Gasteiger partial charge in [-0.3, -0.25) is 0 Å². The largest absolute Gasteiger partial charge is 0.492 e. The van der Waals surface area contributed by atoms with Crippen molar-refractivity contribution in [2.45, 2.75) is 12.8 Å². The second-order valence-electron chi connectivity index (χ2n) is 7.51. The molecule has 0 aliphatic carbocycles. The summed E-state index contributed by atoms with van der Waals surface area (Å²) >= 11 is 0. The van der Waals surface area contributed by atoms with Crippen LogP contribution in [0.2, 0.25) is 0 Å². The Hall–Kier alpha value is -4.31. The van der Waals surface area contributed by atoms with Gasteiger partial charge in [-0.2, -0.15) is 10.2 Å². The minimum Gasteiger partial charge on any atom is -0.492 e. The van der Waals surface area contributed by atoms with Crippen molar-refractivity contribution in [2.24, 2.45) is 0 Å². The van der Waals surface area contributed by atoms with Crippen LogP contribution in [0.5, 0.6) is 17.2 Å². The molecule has 1 atom stereocenters. The van der Waals surface area contributed by atoms with E-state index >= 15 is 0 Å². The highest BCUT2D eigenvalue weighted by atomic mass is 16.5. The van der Waals surface area contributed by atoms with Gasteiger partial charge in [-0.25, -0.2) is 4.98 Å². The zero-order chi connectivity index (χ0) is 21.5. The lowest BCUT2D eigenvalue weighted by Crippen LogP contribution is -2.02. The Balaban J connectivity index is 1.60. The first-order valence-electron chi connectivity index (χ1n) is 9.84. The Morgan fingerprint density at radius 2 is 1.84 bits per heavy atom. The molecule has 0 radical (unpaired) electrons. The molecule has 7 nitrogen and oxygen atoms in total. The number of nitrogens with zero attached hydrogens (tertiary/aromatic N) is 3. The number of ether oxygens (including phenoxy) is 2. The van der Waals surface area contributed by atoms with Crippen molar-refractivity contribution >= 4 is 22.7 Å². The fourth-order valence-corrected chi connectivity index (χ4v) is 3.93. The molecule has 31 heavy (non-hydrogen) atoms. The molecule has 1 aromatic heterocycles. The summed E-state index contributed by atoms with van der Waals surface area (Å²) in [6, 6.07) is 19.2. The van der Waals surface area contributed by atoms with Crippen LogP contribution in [0.1, 0.15) is 24.0 Å². The van der Waals surface area contributed by atoms with E-state index in [1.54, 1.807) is 6.07 Å². The lowest BCUT2D eigenvalue weighted by Gasteiger charge is -2.15. The first-order valence-corrected chi connectivity index (χ1v) is 9.84. The van der Waals surface area contributed by atoms with Crippen LogP contribution in [0.15, 0.2) is 54.6 Å². The van der Waals surface area contributed by atoms with Gasteiger partial charge < -0.3 is 20.9 Å². The van der Waals surface area contributed by atoms with Crippen LogP contribution in [0.25, 0.3) is 22.0 Å². The number of fused-ring (bicyclic) bond motifs is 3. The van der Waals surface area contributed by atoms with Gasteiger partial charge in [0.2, 0.25) is 5.95 Å². The number of hydrogen-bond acceptors (Lipinski definition) is 7. The van der Waals surface area contributed by atoms with E-state index in [2.05, 4.69) is 23.0 Å². The molecule has 1 aliphatic rings. The van der Waals surface area contributed by atoms with Gasteiger partial charge in [-0.15, -0.1) is 0 Å². The first kappa shape index (κ1) is 18.7. The van der Waals surface area contributed by atoms with Crippen molar-refractivity contribution in [3.63, 3.8) is 0 Å². The third-order valence-electron chi connectivity index (χ3n) is 5.34. The number of nitriles is 1. The molecule has 1 unspecified atom stereocenters. The number of nitrogen functional groups attached to an aromatic ring is 2. The third kappa shape index (κ3) is 3.24. The predicted molar refractivity (Wildman–Crippen MR) is 119 cm³/mol. The fourth-order valence-electron chi connectivity index (χ4n) is 3.93. The van der Waals surface area contributed by atoms with Crippen LogP contribution < -0.4 is 20.9 Å². The summed E-state index contributed by atoms with van der Waals surface area (Å²) in [4.78, 5) is 8.40. The van der Waals surface area contributed by atoms with Crippen LogP contribution in [0.3, 0.4) is 0 Å². The Labute approximate surface area is 178 Å². The van der Waals surface area contributed by atoms with E-state index in [4.69, 9.17) is 20.9 Å². The maximum Gasteiger partial charge on any atom is 0.222 e. The average molecular weight is 409 g/mol. The SMILES string of the molecule is CC1COc2c1c(Oc1cccc(-c3cccc(C#N)c3)c1)cc1nc(N)nc(N)c21. The quantitative estimate of drug-likeness (QED) is 0.506. The van der Waals surface area contributed by atoms with E-state index in [0.29, 0.717) is 46.1 Å². The average Bonchev–Trinajstić information content (AvgIpc) is 3.15. The van der Waals surface area contributed by atoms with Crippen molar-refractivity contribution in [3.05, 3.63) is 65.7 Å². The minimum absolute atomic E-state index is 0.0984. The highest BCUT2D eigenvalue weighted by molar-refractivity contribution is 5.97. The number of anilines is 2. The standard InChI is InChI=1S/C24H19N5O2/c1-13-12-30-22-20(13)19(10-18-21(22)23(26)29-24(27)28-18)31-17-7-3-6-16(9-17)15-5-2-4-14(8-15)11-25/h2-10,13H,12H2,1H3,(H4,26,27,28,29). The Kier molecular flexibility index (Phi) is 4.33. The number of benzene rings is 3. The molecule has 0 bridgehead atoms. The molecular weight excluding hydrogens is 390 g/mol. The summed E-state index contributed by atoms with van der Waals surface area (Å²) in [5.74, 6) is 2.47. The molecule has 0 saturated carbocycles. The van der Waals surface area contributed by atoms with Crippen molar-refractivity contribution < 1.29 is 9.47 Å². The molecule has 0 amide bonds. The molecule has 4 N–H and O–H groups in total. The summed E-state index contributed by atoms with van der Waals surface area (Å²) in [5.41, 5.74) is 15.9. The first-order chi connectivity index (χ1) is 15.0. The highest BCUT2D eigenvalue weighted by Gasteiger charge is 2.29. The second kappa shape index (κ2) is 7.18. The number of rotatable bonds is 3. The van der Waals surface area contributed by atoms with Crippen molar-refractivity contribution in [1.82, 2.24) is 9.97 Å². The Morgan fingerprint density at radius 1 is 1.06 bits per heavy atom. The smallest absolute Gasteiger partial charge is 0.222 e. The summed E-state index contributed by atoms with van der Waals surface area (Å²) in [6.07, 6.45) is 0. The molecule has 0 spiro atoms. The number of aromatic nitrogens is 2. The molecule has 5 rings (SSSR count). The van der Waals surface area contributed by atoms with Gasteiger partial charge in [-0.05, 0) is 35.4 Å². The summed E-state index contributed by atoms with van der Waals surface area (Å²) in [7, 11) is 0. The minimum atomic E-state index is 0.0984. The van der Waals surface area contributed by atoms with Gasteiger partial charge in [0.05, 0.1) is 29.1 Å². The van der Waals surface area contributed by atoms with E-state index in [1.807, 2.05) is 48.5 Å². The monoisotopic (exact) mass is 409 g/mol. The lowest BCUT2D eigenvalue weighted by molar-refractivity contribution is 0.340. The summed E-state index contributed by atoms with van der Waals surface area (Å²) < 4.78 is 12.2. The molecule has 2 heterocycles. The molecule has 0 saturated heterocycles.